The van der Waals surface area contributed by atoms with E-state index in [0.717, 1.165) is 17.0 Å². The topological polar surface area (TPSA) is 29.3 Å². The minimum absolute atomic E-state index is 0.0369. The number of benzene rings is 1. The number of halogens is 1. The van der Waals surface area contributed by atoms with Crippen LogP contribution in [0.4, 0.5) is 10.1 Å². The van der Waals surface area contributed by atoms with Crippen LogP contribution in [0.25, 0.3) is 0 Å². The first kappa shape index (κ1) is 15.3. The molecule has 0 heterocycles. The molecule has 2 unspecified atom stereocenters. The highest BCUT2D eigenvalue weighted by atomic mass is 32.2. The molecule has 0 saturated heterocycles. The van der Waals surface area contributed by atoms with E-state index in [0.29, 0.717) is 12.5 Å². The van der Waals surface area contributed by atoms with Gasteiger partial charge in [0.05, 0.1) is 0 Å². The molecular formula is C14H23FN2S. The monoisotopic (exact) mass is 270 g/mol. The summed E-state index contributed by atoms with van der Waals surface area (Å²) in [6, 6.07) is 5.42. The largest absolute Gasteiger partial charge is 0.371 e. The van der Waals surface area contributed by atoms with Crippen molar-refractivity contribution in [1.29, 1.82) is 0 Å². The Balaban J connectivity index is 2.99. The number of hydrogen-bond donors (Lipinski definition) is 1. The molecule has 0 aromatic heterocycles. The number of hydrogen-bond acceptors (Lipinski definition) is 3. The second kappa shape index (κ2) is 7.00. The lowest BCUT2D eigenvalue weighted by molar-refractivity contribution is 0.621. The fourth-order valence-corrected chi connectivity index (χ4v) is 2.70. The summed E-state index contributed by atoms with van der Waals surface area (Å²) in [5.41, 5.74) is 7.90. The van der Waals surface area contributed by atoms with E-state index < -0.39 is 0 Å². The maximum Gasteiger partial charge on any atom is 0.123 e. The molecule has 18 heavy (non-hydrogen) atoms. The molecule has 0 saturated carbocycles. The zero-order valence-corrected chi connectivity index (χ0v) is 12.4. The van der Waals surface area contributed by atoms with E-state index in [1.54, 1.807) is 6.07 Å². The summed E-state index contributed by atoms with van der Waals surface area (Å²) in [6.07, 6.45) is 2.79. The van der Waals surface area contributed by atoms with Gasteiger partial charge in [-0.3, -0.25) is 0 Å². The van der Waals surface area contributed by atoms with Gasteiger partial charge in [-0.1, -0.05) is 0 Å². The third-order valence-electron chi connectivity index (χ3n) is 3.03. The van der Waals surface area contributed by atoms with Crippen molar-refractivity contribution in [2.75, 3.05) is 24.0 Å². The molecule has 4 heteroatoms. The molecule has 0 fully saturated rings. The van der Waals surface area contributed by atoms with Gasteiger partial charge in [0.2, 0.25) is 0 Å². The molecule has 0 bridgehead atoms. The van der Waals surface area contributed by atoms with E-state index >= 15 is 0 Å². The van der Waals surface area contributed by atoms with Crippen molar-refractivity contribution in [3.63, 3.8) is 0 Å². The zero-order chi connectivity index (χ0) is 13.7. The maximum atomic E-state index is 13.3. The third kappa shape index (κ3) is 4.18. The first-order valence-corrected chi connectivity index (χ1v) is 7.60. The van der Waals surface area contributed by atoms with Crippen molar-refractivity contribution in [3.05, 3.63) is 29.6 Å². The van der Waals surface area contributed by atoms with Gasteiger partial charge in [-0.15, -0.1) is 0 Å². The van der Waals surface area contributed by atoms with Crippen molar-refractivity contribution < 1.29 is 4.39 Å². The molecule has 0 aliphatic rings. The molecule has 102 valence electrons. The van der Waals surface area contributed by atoms with Crippen LogP contribution in [0.1, 0.15) is 19.4 Å². The maximum absolute atomic E-state index is 13.3. The Kier molecular flexibility index (Phi) is 5.96. The molecule has 0 aliphatic heterocycles. The lowest BCUT2D eigenvalue weighted by Gasteiger charge is -2.29. The van der Waals surface area contributed by atoms with E-state index in [2.05, 4.69) is 25.1 Å². The van der Waals surface area contributed by atoms with Crippen LogP contribution in [0.15, 0.2) is 18.2 Å². The summed E-state index contributed by atoms with van der Waals surface area (Å²) in [6.45, 7) is 4.12. The highest BCUT2D eigenvalue weighted by Gasteiger charge is 2.14. The Bertz CT molecular complexity index is 382. The van der Waals surface area contributed by atoms with Crippen LogP contribution in [0.2, 0.25) is 0 Å². The van der Waals surface area contributed by atoms with E-state index in [4.69, 9.17) is 5.73 Å². The Morgan fingerprint density at radius 1 is 1.39 bits per heavy atom. The van der Waals surface area contributed by atoms with Crippen LogP contribution in [-0.2, 0) is 6.42 Å². The smallest absolute Gasteiger partial charge is 0.123 e. The Morgan fingerprint density at radius 2 is 2.06 bits per heavy atom. The number of anilines is 1. The first-order chi connectivity index (χ1) is 8.45. The van der Waals surface area contributed by atoms with Crippen molar-refractivity contribution >= 4 is 17.4 Å². The number of rotatable bonds is 6. The highest BCUT2D eigenvalue weighted by Crippen LogP contribution is 2.24. The van der Waals surface area contributed by atoms with Gasteiger partial charge >= 0.3 is 0 Å². The van der Waals surface area contributed by atoms with E-state index in [1.807, 2.05) is 24.8 Å². The van der Waals surface area contributed by atoms with Crippen molar-refractivity contribution in [2.45, 2.75) is 32.4 Å². The van der Waals surface area contributed by atoms with Gasteiger partial charge < -0.3 is 10.6 Å². The Morgan fingerprint density at radius 3 is 2.61 bits per heavy atom. The molecule has 0 radical (unpaired) electrons. The van der Waals surface area contributed by atoms with Crippen molar-refractivity contribution in [2.24, 2.45) is 5.73 Å². The standard InChI is InChI=1S/C14H23FN2S/c1-10(16)7-12-8-13(15)5-6-14(12)17(3)11(2)9-18-4/h5-6,8,10-11H,7,9,16H2,1-4H3. The average molecular weight is 270 g/mol. The van der Waals surface area contributed by atoms with Crippen molar-refractivity contribution in [3.8, 4) is 0 Å². The summed E-state index contributed by atoms with van der Waals surface area (Å²) in [7, 11) is 2.05. The van der Waals surface area contributed by atoms with E-state index in [9.17, 15) is 4.39 Å². The summed E-state index contributed by atoms with van der Waals surface area (Å²) in [5, 5.41) is 0. The minimum atomic E-state index is -0.194. The fraction of sp³-hybridized carbons (Fsp3) is 0.571. The van der Waals surface area contributed by atoms with Crippen LogP contribution < -0.4 is 10.6 Å². The van der Waals surface area contributed by atoms with Gasteiger partial charge in [0.15, 0.2) is 0 Å². The Labute approximate surface area is 114 Å². The van der Waals surface area contributed by atoms with Gasteiger partial charge in [-0.25, -0.2) is 4.39 Å². The molecule has 1 aromatic rings. The first-order valence-electron chi connectivity index (χ1n) is 6.21. The molecule has 1 aromatic carbocycles. The van der Waals surface area contributed by atoms with Gasteiger partial charge in [-0.05, 0) is 50.3 Å². The molecular weight excluding hydrogens is 247 g/mol. The molecule has 2 N–H and O–H groups in total. The second-order valence-electron chi connectivity index (χ2n) is 4.87. The predicted octanol–water partition coefficient (Wildman–Crippen LogP) is 2.90. The van der Waals surface area contributed by atoms with Crippen LogP contribution in [0.5, 0.6) is 0 Å². The predicted molar refractivity (Wildman–Crippen MR) is 80.0 cm³/mol. The summed E-state index contributed by atoms with van der Waals surface area (Å²) >= 11 is 1.82. The normalized spacial score (nSPS) is 14.3. The number of nitrogens with two attached hydrogens (primary N) is 1. The Hall–Kier alpha value is -0.740. The molecule has 0 aliphatic carbocycles. The average Bonchev–Trinajstić information content (AvgIpc) is 2.28. The zero-order valence-electron chi connectivity index (χ0n) is 11.6. The fourth-order valence-electron chi connectivity index (χ4n) is 2.00. The SMILES string of the molecule is CSCC(C)N(C)c1ccc(F)cc1CC(C)N. The minimum Gasteiger partial charge on any atom is -0.371 e. The van der Waals surface area contributed by atoms with Crippen LogP contribution in [-0.4, -0.2) is 31.1 Å². The highest BCUT2D eigenvalue weighted by molar-refractivity contribution is 7.98. The number of thioether (sulfide) groups is 1. The number of nitrogens with zero attached hydrogens (tertiary/aromatic N) is 1. The summed E-state index contributed by atoms with van der Waals surface area (Å²) < 4.78 is 13.3. The van der Waals surface area contributed by atoms with Gasteiger partial charge in [-0.2, -0.15) is 11.8 Å². The lowest BCUT2D eigenvalue weighted by Crippen LogP contribution is -2.32. The van der Waals surface area contributed by atoms with Crippen LogP contribution in [0, 0.1) is 5.82 Å². The molecule has 0 spiro atoms. The van der Waals surface area contributed by atoms with Gasteiger partial charge in [0.25, 0.3) is 0 Å². The quantitative estimate of drug-likeness (QED) is 0.862. The lowest BCUT2D eigenvalue weighted by atomic mass is 10.0. The summed E-state index contributed by atoms with van der Waals surface area (Å²) in [4.78, 5) is 2.20. The van der Waals surface area contributed by atoms with E-state index in [-0.39, 0.29) is 11.9 Å². The summed E-state index contributed by atoms with van der Waals surface area (Å²) in [5.74, 6) is 0.853. The van der Waals surface area contributed by atoms with Crippen LogP contribution >= 0.6 is 11.8 Å². The van der Waals surface area contributed by atoms with Crippen molar-refractivity contribution in [1.82, 2.24) is 0 Å². The molecule has 2 nitrogen and oxygen atoms in total. The van der Waals surface area contributed by atoms with Gasteiger partial charge in [0.1, 0.15) is 5.82 Å². The molecule has 0 amide bonds. The second-order valence-corrected chi connectivity index (χ2v) is 5.78. The molecule has 1 rings (SSSR count). The van der Waals surface area contributed by atoms with Crippen LogP contribution in [0.3, 0.4) is 0 Å². The third-order valence-corrected chi connectivity index (χ3v) is 3.85. The molecule has 2 atom stereocenters. The van der Waals surface area contributed by atoms with E-state index in [1.165, 1.54) is 6.07 Å². The van der Waals surface area contributed by atoms with Gasteiger partial charge in [0, 0.05) is 30.6 Å².